The molecule has 0 saturated heterocycles. The van der Waals surface area contributed by atoms with Gasteiger partial charge in [0.2, 0.25) is 0 Å². The van der Waals surface area contributed by atoms with Crippen molar-refractivity contribution in [2.45, 2.75) is 26.3 Å². The molecular weight excluding hydrogens is 264 g/mol. The van der Waals surface area contributed by atoms with E-state index < -0.39 is 0 Å². The summed E-state index contributed by atoms with van der Waals surface area (Å²) in [5, 5.41) is 3.44. The molecule has 2 rings (SSSR count). The largest absolute Gasteiger partial charge is 0.493 e. The summed E-state index contributed by atoms with van der Waals surface area (Å²) in [6.07, 6.45) is 3.92. The number of methoxy groups -OCH3 is 2. The van der Waals surface area contributed by atoms with Gasteiger partial charge in [-0.05, 0) is 18.1 Å². The lowest BCUT2D eigenvalue weighted by atomic mass is 10.1. The van der Waals surface area contributed by atoms with Gasteiger partial charge in [0.15, 0.2) is 11.5 Å². The van der Waals surface area contributed by atoms with Gasteiger partial charge in [0, 0.05) is 18.0 Å². The fourth-order valence-corrected chi connectivity index (χ4v) is 2.34. The van der Waals surface area contributed by atoms with Gasteiger partial charge in [-0.25, -0.2) is 0 Å². The Bertz CT molecular complexity index is 585. The van der Waals surface area contributed by atoms with E-state index in [1.54, 1.807) is 26.5 Å². The van der Waals surface area contributed by atoms with Gasteiger partial charge >= 0.3 is 0 Å². The highest BCUT2D eigenvalue weighted by molar-refractivity contribution is 5.52. The molecule has 0 aliphatic heterocycles. The lowest BCUT2D eigenvalue weighted by Gasteiger charge is -2.14. The third kappa shape index (κ3) is 3.66. The second-order valence-corrected chi connectivity index (χ2v) is 4.75. The number of para-hydroxylation sites is 1. The number of benzene rings is 1. The number of aromatic nitrogens is 1. The first-order chi connectivity index (χ1) is 10.3. The zero-order chi connectivity index (χ0) is 15.1. The number of nitrogens with zero attached hydrogens (tertiary/aromatic N) is 1. The van der Waals surface area contributed by atoms with E-state index in [0.717, 1.165) is 24.2 Å². The Morgan fingerprint density at radius 3 is 2.62 bits per heavy atom. The molecule has 0 aliphatic rings. The van der Waals surface area contributed by atoms with Crippen LogP contribution in [0, 0.1) is 0 Å². The molecule has 21 heavy (non-hydrogen) atoms. The number of rotatable bonds is 7. The molecule has 112 valence electrons. The summed E-state index contributed by atoms with van der Waals surface area (Å²) in [5.74, 6) is 1.38. The van der Waals surface area contributed by atoms with Gasteiger partial charge in [0.1, 0.15) is 5.69 Å². The number of aryl methyl sites for hydroxylation is 1. The van der Waals surface area contributed by atoms with Gasteiger partial charge in [0.05, 0.1) is 20.8 Å². The average molecular weight is 286 g/mol. The predicted molar refractivity (Wildman–Crippen MR) is 85.1 cm³/mol. The minimum absolute atomic E-state index is 0.598. The van der Waals surface area contributed by atoms with Crippen LogP contribution in [0.5, 0.6) is 11.5 Å². The highest BCUT2D eigenvalue weighted by Crippen LogP contribution is 2.29. The molecule has 0 amide bonds. The maximum absolute atomic E-state index is 5.41. The van der Waals surface area contributed by atoms with Gasteiger partial charge < -0.3 is 14.8 Å². The molecule has 2 aromatic rings. The molecule has 0 atom stereocenters. The van der Waals surface area contributed by atoms with E-state index in [0.29, 0.717) is 18.0 Å². The highest BCUT2D eigenvalue weighted by Gasteiger charge is 2.11. The maximum atomic E-state index is 5.41. The van der Waals surface area contributed by atoms with Crippen molar-refractivity contribution >= 4 is 5.69 Å². The molecule has 0 aliphatic carbocycles. The molecule has 0 bridgehead atoms. The second kappa shape index (κ2) is 7.53. The predicted octanol–water partition coefficient (Wildman–Crippen LogP) is 3.66. The van der Waals surface area contributed by atoms with Crippen LogP contribution in [0.1, 0.15) is 24.6 Å². The van der Waals surface area contributed by atoms with Crippen LogP contribution in [-0.2, 0) is 13.0 Å². The summed E-state index contributed by atoms with van der Waals surface area (Å²) < 4.78 is 10.7. The Balaban J connectivity index is 2.17. The molecule has 4 nitrogen and oxygen atoms in total. The molecule has 1 aromatic heterocycles. The number of hydrogen-bond acceptors (Lipinski definition) is 4. The number of pyridine rings is 1. The van der Waals surface area contributed by atoms with Crippen LogP contribution in [0.3, 0.4) is 0 Å². The van der Waals surface area contributed by atoms with Gasteiger partial charge in [-0.3, -0.25) is 4.98 Å². The number of nitrogens with one attached hydrogen (secondary N) is 1. The summed E-state index contributed by atoms with van der Waals surface area (Å²) in [7, 11) is 3.26. The van der Waals surface area contributed by atoms with Gasteiger partial charge in [-0.1, -0.05) is 31.5 Å². The third-order valence-electron chi connectivity index (χ3n) is 3.35. The lowest BCUT2D eigenvalue weighted by molar-refractivity contribution is 0.350. The van der Waals surface area contributed by atoms with E-state index in [4.69, 9.17) is 9.47 Å². The normalized spacial score (nSPS) is 10.2. The fourth-order valence-electron chi connectivity index (χ4n) is 2.34. The van der Waals surface area contributed by atoms with Crippen molar-refractivity contribution in [1.29, 1.82) is 0 Å². The molecular formula is C17H22N2O2. The molecule has 0 spiro atoms. The second-order valence-electron chi connectivity index (χ2n) is 4.75. The Kier molecular flexibility index (Phi) is 5.43. The van der Waals surface area contributed by atoms with E-state index in [2.05, 4.69) is 35.4 Å². The van der Waals surface area contributed by atoms with Crippen molar-refractivity contribution in [1.82, 2.24) is 4.98 Å². The topological polar surface area (TPSA) is 43.4 Å². The average Bonchev–Trinajstić information content (AvgIpc) is 2.53. The molecule has 0 unspecified atom stereocenters. The zero-order valence-electron chi connectivity index (χ0n) is 12.8. The van der Waals surface area contributed by atoms with Gasteiger partial charge in [0.25, 0.3) is 0 Å². The van der Waals surface area contributed by atoms with Crippen LogP contribution in [0.2, 0.25) is 0 Å². The number of ether oxygens (including phenoxy) is 2. The van der Waals surface area contributed by atoms with Crippen LogP contribution in [0.4, 0.5) is 5.69 Å². The first kappa shape index (κ1) is 15.2. The Hall–Kier alpha value is -2.23. The Morgan fingerprint density at radius 1 is 1.10 bits per heavy atom. The first-order valence-electron chi connectivity index (χ1n) is 7.17. The molecule has 0 fully saturated rings. The summed E-state index contributed by atoms with van der Waals surface area (Å²) in [4.78, 5) is 4.38. The van der Waals surface area contributed by atoms with Crippen molar-refractivity contribution in [3.8, 4) is 11.5 Å². The highest BCUT2D eigenvalue weighted by atomic mass is 16.5. The van der Waals surface area contributed by atoms with Gasteiger partial charge in [-0.15, -0.1) is 0 Å². The summed E-state index contributed by atoms with van der Waals surface area (Å²) in [6.45, 7) is 2.78. The van der Waals surface area contributed by atoms with Crippen LogP contribution in [0.15, 0.2) is 36.5 Å². The van der Waals surface area contributed by atoms with Crippen LogP contribution in [-0.4, -0.2) is 19.2 Å². The lowest BCUT2D eigenvalue weighted by Crippen LogP contribution is -2.06. The van der Waals surface area contributed by atoms with Crippen molar-refractivity contribution in [2.75, 3.05) is 19.5 Å². The van der Waals surface area contributed by atoms with Crippen LogP contribution in [0.25, 0.3) is 0 Å². The Morgan fingerprint density at radius 2 is 1.90 bits per heavy atom. The molecule has 0 radical (unpaired) electrons. The molecule has 1 aromatic carbocycles. The summed E-state index contributed by atoms with van der Waals surface area (Å²) in [6, 6.07) is 10.2. The zero-order valence-corrected chi connectivity index (χ0v) is 12.8. The third-order valence-corrected chi connectivity index (χ3v) is 3.35. The Labute approximate surface area is 126 Å². The molecule has 4 heteroatoms. The van der Waals surface area contributed by atoms with Crippen LogP contribution >= 0.6 is 0 Å². The van der Waals surface area contributed by atoms with Crippen molar-refractivity contribution < 1.29 is 9.47 Å². The summed E-state index contributed by atoms with van der Waals surface area (Å²) >= 11 is 0. The first-order valence-corrected chi connectivity index (χ1v) is 7.17. The van der Waals surface area contributed by atoms with E-state index in [1.807, 2.05) is 6.07 Å². The maximum Gasteiger partial charge on any atom is 0.184 e. The van der Waals surface area contributed by atoms with E-state index in [9.17, 15) is 0 Å². The molecule has 1 heterocycles. The van der Waals surface area contributed by atoms with Crippen molar-refractivity contribution in [3.05, 3.63) is 47.8 Å². The minimum atomic E-state index is 0.598. The molecule has 1 N–H and O–H groups in total. The monoisotopic (exact) mass is 286 g/mol. The fraction of sp³-hybridized carbons (Fsp3) is 0.353. The van der Waals surface area contributed by atoms with Gasteiger partial charge in [-0.2, -0.15) is 0 Å². The van der Waals surface area contributed by atoms with Crippen molar-refractivity contribution in [2.24, 2.45) is 0 Å². The van der Waals surface area contributed by atoms with Crippen LogP contribution < -0.4 is 14.8 Å². The number of anilines is 1. The van der Waals surface area contributed by atoms with E-state index >= 15 is 0 Å². The molecule has 0 saturated carbocycles. The van der Waals surface area contributed by atoms with Crippen molar-refractivity contribution in [3.63, 3.8) is 0 Å². The standard InChI is InChI=1S/C17H22N2O2/c1-4-7-13-8-5-6-9-14(13)19-12-15-17(21-3)16(20-2)10-11-18-15/h5-6,8-11,19H,4,7,12H2,1-3H3. The van der Waals surface area contributed by atoms with E-state index in [-0.39, 0.29) is 0 Å². The number of hydrogen-bond donors (Lipinski definition) is 1. The quantitative estimate of drug-likeness (QED) is 0.843. The smallest absolute Gasteiger partial charge is 0.184 e. The summed E-state index contributed by atoms with van der Waals surface area (Å²) in [5.41, 5.74) is 3.30. The SMILES string of the molecule is CCCc1ccccc1NCc1nccc(OC)c1OC. The minimum Gasteiger partial charge on any atom is -0.493 e. The van der Waals surface area contributed by atoms with E-state index in [1.165, 1.54) is 5.56 Å².